The molecule has 1 fully saturated rings. The third kappa shape index (κ3) is 2.90. The van der Waals surface area contributed by atoms with Crippen LogP contribution in [0.5, 0.6) is 0 Å². The number of nitrogens with one attached hydrogen (secondary N) is 1. The van der Waals surface area contributed by atoms with E-state index >= 15 is 0 Å². The molecule has 1 aromatic carbocycles. The molecule has 1 aromatic heterocycles. The molecule has 0 aliphatic heterocycles. The minimum Gasteiger partial charge on any atom is -0.480 e. The van der Waals surface area contributed by atoms with Crippen molar-refractivity contribution < 1.29 is 23.1 Å². The Morgan fingerprint density at radius 3 is 2.32 bits per heavy atom. The van der Waals surface area contributed by atoms with Gasteiger partial charge in [0.15, 0.2) is 5.78 Å². The van der Waals surface area contributed by atoms with Crippen molar-refractivity contribution in [3.05, 3.63) is 52.9 Å². The number of rotatable bonds is 6. The first kappa shape index (κ1) is 17.8. The number of carbonyl (C=O) groups excluding carboxylic acids is 1. The summed E-state index contributed by atoms with van der Waals surface area (Å²) >= 11 is 0.833. The van der Waals surface area contributed by atoms with Crippen molar-refractivity contribution in [2.45, 2.75) is 29.5 Å². The smallest absolute Gasteiger partial charge is 0.325 e. The van der Waals surface area contributed by atoms with Crippen molar-refractivity contribution in [1.29, 1.82) is 0 Å². The summed E-state index contributed by atoms with van der Waals surface area (Å²) < 4.78 is 27.7. The number of carbonyl (C=O) groups is 2. The van der Waals surface area contributed by atoms with E-state index in [1.54, 1.807) is 31.2 Å². The largest absolute Gasteiger partial charge is 0.480 e. The van der Waals surface area contributed by atoms with Gasteiger partial charge in [-0.25, -0.2) is 8.42 Å². The highest BCUT2D eigenvalue weighted by Crippen LogP contribution is 2.58. The number of carboxylic acid groups (broad SMARTS) is 1. The van der Waals surface area contributed by atoms with Crippen LogP contribution in [0.15, 0.2) is 46.7 Å². The molecule has 1 saturated carbocycles. The van der Waals surface area contributed by atoms with Gasteiger partial charge in [-0.05, 0) is 30.5 Å². The fraction of sp³-hybridized carbons (Fsp3) is 0.294. The van der Waals surface area contributed by atoms with Gasteiger partial charge in [0.2, 0.25) is 0 Å². The monoisotopic (exact) mass is 379 g/mol. The second-order valence-corrected chi connectivity index (χ2v) is 9.12. The molecule has 132 valence electrons. The third-order valence-electron chi connectivity index (χ3n) is 4.61. The van der Waals surface area contributed by atoms with Crippen molar-refractivity contribution >= 4 is 33.1 Å². The Bertz CT molecular complexity index is 935. The molecule has 25 heavy (non-hydrogen) atoms. The average Bonchev–Trinajstić information content (AvgIpc) is 2.94. The maximum atomic E-state index is 12.7. The second-order valence-electron chi connectivity index (χ2n) is 6.13. The quantitative estimate of drug-likeness (QED) is 0.751. The lowest BCUT2D eigenvalue weighted by molar-refractivity contribution is -0.140. The number of sulfonamides is 1. The Morgan fingerprint density at radius 1 is 1.16 bits per heavy atom. The summed E-state index contributed by atoms with van der Waals surface area (Å²) in [6.07, 6.45) is 0. The SMILES string of the molecule is CC(=O)c1ccc(S(=O)(=O)N[C@@]2(C(=O)O)C(C)[C@@H]2c2ccccc2)s1. The third-order valence-corrected chi connectivity index (χ3v) is 7.77. The Labute approximate surface area is 149 Å². The van der Waals surface area contributed by atoms with E-state index in [1.807, 2.05) is 6.07 Å². The number of carboxylic acids is 1. The lowest BCUT2D eigenvalue weighted by Gasteiger charge is -2.15. The molecule has 2 aromatic rings. The molecule has 0 saturated heterocycles. The lowest BCUT2D eigenvalue weighted by Crippen LogP contribution is -2.45. The minimum atomic E-state index is -4.05. The van der Waals surface area contributed by atoms with Crippen LogP contribution >= 0.6 is 11.3 Å². The number of aliphatic carboxylic acids is 1. The van der Waals surface area contributed by atoms with Crippen molar-refractivity contribution in [3.8, 4) is 0 Å². The zero-order valence-electron chi connectivity index (χ0n) is 13.6. The molecular weight excluding hydrogens is 362 g/mol. The molecule has 0 amide bonds. The van der Waals surface area contributed by atoms with Gasteiger partial charge in [-0.2, -0.15) is 4.72 Å². The van der Waals surface area contributed by atoms with Gasteiger partial charge in [0.1, 0.15) is 9.75 Å². The van der Waals surface area contributed by atoms with Crippen molar-refractivity contribution in [3.63, 3.8) is 0 Å². The van der Waals surface area contributed by atoms with Crippen LogP contribution in [0.1, 0.15) is 35.0 Å². The van der Waals surface area contributed by atoms with E-state index in [0.29, 0.717) is 4.88 Å². The van der Waals surface area contributed by atoms with Gasteiger partial charge < -0.3 is 5.11 Å². The topological polar surface area (TPSA) is 101 Å². The summed E-state index contributed by atoms with van der Waals surface area (Å²) in [6.45, 7) is 3.06. The number of benzene rings is 1. The van der Waals surface area contributed by atoms with Crippen LogP contribution in [0.4, 0.5) is 0 Å². The van der Waals surface area contributed by atoms with E-state index < -0.39 is 33.4 Å². The van der Waals surface area contributed by atoms with Crippen LogP contribution in [0.25, 0.3) is 0 Å². The van der Waals surface area contributed by atoms with Gasteiger partial charge in [0.25, 0.3) is 10.0 Å². The minimum absolute atomic E-state index is 0.0655. The van der Waals surface area contributed by atoms with Crippen LogP contribution in [-0.4, -0.2) is 30.8 Å². The van der Waals surface area contributed by atoms with Gasteiger partial charge in [-0.1, -0.05) is 37.3 Å². The maximum absolute atomic E-state index is 12.7. The van der Waals surface area contributed by atoms with Gasteiger partial charge in [-0.3, -0.25) is 9.59 Å². The summed E-state index contributed by atoms with van der Waals surface area (Å²) in [4.78, 5) is 23.6. The van der Waals surface area contributed by atoms with Gasteiger partial charge >= 0.3 is 5.97 Å². The molecule has 3 rings (SSSR count). The van der Waals surface area contributed by atoms with Gasteiger partial charge in [0.05, 0.1) is 4.88 Å². The zero-order valence-corrected chi connectivity index (χ0v) is 15.2. The number of thiophene rings is 1. The average molecular weight is 379 g/mol. The van der Waals surface area contributed by atoms with Crippen LogP contribution in [0.3, 0.4) is 0 Å². The summed E-state index contributed by atoms with van der Waals surface area (Å²) in [7, 11) is -4.05. The Balaban J connectivity index is 1.95. The molecule has 6 nitrogen and oxygen atoms in total. The number of hydrogen-bond acceptors (Lipinski definition) is 5. The van der Waals surface area contributed by atoms with E-state index in [-0.39, 0.29) is 9.99 Å². The van der Waals surface area contributed by atoms with Gasteiger partial charge in [-0.15, -0.1) is 11.3 Å². The molecule has 0 radical (unpaired) electrons. The molecule has 1 aliphatic carbocycles. The molecule has 1 unspecified atom stereocenters. The summed E-state index contributed by atoms with van der Waals surface area (Å²) in [5.41, 5.74) is -0.809. The number of Topliss-reactive ketones (excluding diaryl/α,β-unsaturated/α-hetero) is 1. The summed E-state index contributed by atoms with van der Waals surface area (Å²) in [6, 6.07) is 11.7. The molecule has 0 spiro atoms. The predicted molar refractivity (Wildman–Crippen MR) is 93.4 cm³/mol. The lowest BCUT2D eigenvalue weighted by atomic mass is 10.1. The van der Waals surface area contributed by atoms with Crippen LogP contribution in [-0.2, 0) is 14.8 Å². The summed E-state index contributed by atoms with van der Waals surface area (Å²) in [5.74, 6) is -2.29. The molecule has 3 atom stereocenters. The Hall–Kier alpha value is -2.03. The first-order valence-electron chi connectivity index (χ1n) is 7.63. The van der Waals surface area contributed by atoms with Crippen LogP contribution in [0.2, 0.25) is 0 Å². The van der Waals surface area contributed by atoms with E-state index in [2.05, 4.69) is 4.72 Å². The van der Waals surface area contributed by atoms with Crippen molar-refractivity contribution in [2.24, 2.45) is 5.92 Å². The highest BCUT2D eigenvalue weighted by atomic mass is 32.2. The maximum Gasteiger partial charge on any atom is 0.325 e. The number of hydrogen-bond donors (Lipinski definition) is 2. The highest BCUT2D eigenvalue weighted by molar-refractivity contribution is 7.91. The van der Waals surface area contributed by atoms with Crippen LogP contribution < -0.4 is 4.72 Å². The molecule has 2 N–H and O–H groups in total. The standard InChI is InChI=1S/C17H17NO5S2/c1-10-15(12-6-4-3-5-7-12)17(10,16(20)21)18-25(22,23)14-9-8-13(24-14)11(2)19/h3-10,15,18H,1-2H3,(H,20,21)/t10?,15-,17+/m1/s1. The van der Waals surface area contributed by atoms with Crippen molar-refractivity contribution in [2.75, 3.05) is 0 Å². The molecule has 1 aliphatic rings. The van der Waals surface area contributed by atoms with E-state index in [0.717, 1.165) is 16.9 Å². The Morgan fingerprint density at radius 2 is 1.80 bits per heavy atom. The van der Waals surface area contributed by atoms with E-state index in [9.17, 15) is 23.1 Å². The van der Waals surface area contributed by atoms with Crippen LogP contribution in [0, 0.1) is 5.92 Å². The molecule has 1 heterocycles. The normalized spacial score (nSPS) is 25.5. The second kappa shape index (κ2) is 6.05. The summed E-state index contributed by atoms with van der Waals surface area (Å²) in [5, 5.41) is 9.73. The first-order valence-corrected chi connectivity index (χ1v) is 9.93. The van der Waals surface area contributed by atoms with Gasteiger partial charge in [0, 0.05) is 5.92 Å². The van der Waals surface area contributed by atoms with E-state index in [4.69, 9.17) is 0 Å². The van der Waals surface area contributed by atoms with Crippen molar-refractivity contribution in [1.82, 2.24) is 4.72 Å². The molecular formula is C17H17NO5S2. The first-order chi connectivity index (χ1) is 11.7. The fourth-order valence-corrected chi connectivity index (χ4v) is 5.89. The molecule has 8 heteroatoms. The highest BCUT2D eigenvalue weighted by Gasteiger charge is 2.70. The zero-order chi connectivity index (χ0) is 18.4. The fourth-order valence-electron chi connectivity index (χ4n) is 3.23. The van der Waals surface area contributed by atoms with E-state index in [1.165, 1.54) is 19.1 Å². The Kier molecular flexibility index (Phi) is 4.30. The number of ketones is 1. The predicted octanol–water partition coefficient (Wildman–Crippen LogP) is 2.49. The molecule has 0 bridgehead atoms.